The van der Waals surface area contributed by atoms with Gasteiger partial charge in [-0.3, -0.25) is 9.36 Å². The molecule has 1 aliphatic rings. The number of hydrogen-bond donors (Lipinski definition) is 1. The number of pyridine rings is 1. The Morgan fingerprint density at radius 1 is 1.00 bits per heavy atom. The third-order valence-electron chi connectivity index (χ3n) is 7.10. The van der Waals surface area contributed by atoms with Gasteiger partial charge in [0.05, 0.1) is 30.9 Å². The lowest BCUT2D eigenvalue weighted by Gasteiger charge is -2.21. The number of halogens is 3. The molecule has 5 rings (SSSR count). The van der Waals surface area contributed by atoms with Crippen LogP contribution >= 0.6 is 11.8 Å². The van der Waals surface area contributed by atoms with E-state index in [2.05, 4.69) is 5.16 Å². The quantitative estimate of drug-likeness (QED) is 0.160. The first-order valence-electron chi connectivity index (χ1n) is 12.3. The molecule has 3 aromatic carbocycles. The first kappa shape index (κ1) is 27.4. The standard InChI is InChI=1S/C30H25F3N2O4S/c1-16-20(14-21-22(31)7-5-8-23(21)32)30-35(29(36)26(16)19-6-4-9-25(39-3)27(19)33)24(15-40-30)28(34-37)17-10-12-18(38-2)13-11-17/h4-13,24,37H,14-15H2,1-3H3/b34-28+. The van der Waals surface area contributed by atoms with Gasteiger partial charge >= 0.3 is 0 Å². The molecule has 6 nitrogen and oxygen atoms in total. The van der Waals surface area contributed by atoms with E-state index in [1.54, 1.807) is 37.3 Å². The number of nitrogens with zero attached hydrogens (tertiary/aromatic N) is 2. The van der Waals surface area contributed by atoms with Crippen molar-refractivity contribution in [2.75, 3.05) is 20.0 Å². The Morgan fingerprint density at radius 2 is 1.68 bits per heavy atom. The van der Waals surface area contributed by atoms with Gasteiger partial charge in [0.25, 0.3) is 5.56 Å². The van der Waals surface area contributed by atoms with Gasteiger partial charge in [-0.25, -0.2) is 13.2 Å². The van der Waals surface area contributed by atoms with Crippen LogP contribution in [0.5, 0.6) is 11.5 Å². The van der Waals surface area contributed by atoms with Gasteiger partial charge in [0, 0.05) is 28.9 Å². The maximum Gasteiger partial charge on any atom is 0.260 e. The number of fused-ring (bicyclic) bond motifs is 1. The fraction of sp³-hybridized carbons (Fsp3) is 0.200. The smallest absolute Gasteiger partial charge is 0.260 e. The van der Waals surface area contributed by atoms with Crippen molar-refractivity contribution >= 4 is 17.5 Å². The van der Waals surface area contributed by atoms with E-state index in [4.69, 9.17) is 9.47 Å². The summed E-state index contributed by atoms with van der Waals surface area (Å²) in [6.45, 7) is 1.64. The van der Waals surface area contributed by atoms with Crippen molar-refractivity contribution in [3.63, 3.8) is 0 Å². The van der Waals surface area contributed by atoms with Gasteiger partial charge in [-0.15, -0.1) is 11.8 Å². The highest BCUT2D eigenvalue weighted by Gasteiger charge is 2.35. The fourth-order valence-corrected chi connectivity index (χ4v) is 6.42. The fourth-order valence-electron chi connectivity index (χ4n) is 5.05. The van der Waals surface area contributed by atoms with Crippen LogP contribution in [0, 0.1) is 24.4 Å². The van der Waals surface area contributed by atoms with E-state index in [1.165, 1.54) is 60.9 Å². The summed E-state index contributed by atoms with van der Waals surface area (Å²) in [6, 6.07) is 14.1. The highest BCUT2D eigenvalue weighted by atomic mass is 32.2. The summed E-state index contributed by atoms with van der Waals surface area (Å²) in [5.74, 6) is -1.34. The summed E-state index contributed by atoms with van der Waals surface area (Å²) in [7, 11) is 2.85. The minimum absolute atomic E-state index is 0.00464. The second-order valence-electron chi connectivity index (χ2n) is 9.20. The lowest BCUT2D eigenvalue weighted by molar-refractivity contribution is 0.315. The lowest BCUT2D eigenvalue weighted by Crippen LogP contribution is -2.32. The zero-order valence-corrected chi connectivity index (χ0v) is 22.7. The second-order valence-corrected chi connectivity index (χ2v) is 10.2. The Balaban J connectivity index is 1.77. The van der Waals surface area contributed by atoms with Crippen molar-refractivity contribution in [1.82, 2.24) is 4.57 Å². The van der Waals surface area contributed by atoms with E-state index < -0.39 is 29.1 Å². The number of aromatic nitrogens is 1. The van der Waals surface area contributed by atoms with E-state index in [9.17, 15) is 18.8 Å². The molecule has 2 heterocycles. The molecule has 1 aromatic heterocycles. The molecule has 10 heteroatoms. The molecule has 0 aliphatic carbocycles. The molecule has 0 fully saturated rings. The molecule has 0 saturated heterocycles. The number of ether oxygens (including phenoxy) is 2. The molecular formula is C30H25F3N2O4S. The van der Waals surface area contributed by atoms with Crippen LogP contribution in [0.3, 0.4) is 0 Å². The molecule has 0 spiro atoms. The van der Waals surface area contributed by atoms with Crippen molar-refractivity contribution in [1.29, 1.82) is 0 Å². The molecule has 0 saturated carbocycles. The highest BCUT2D eigenvalue weighted by Crippen LogP contribution is 2.42. The predicted molar refractivity (Wildman–Crippen MR) is 148 cm³/mol. The lowest BCUT2D eigenvalue weighted by atomic mass is 9.93. The zero-order valence-electron chi connectivity index (χ0n) is 21.9. The molecule has 40 heavy (non-hydrogen) atoms. The van der Waals surface area contributed by atoms with Crippen molar-refractivity contribution in [2.24, 2.45) is 5.16 Å². The van der Waals surface area contributed by atoms with Gasteiger partial charge in [-0.1, -0.05) is 23.4 Å². The van der Waals surface area contributed by atoms with Crippen LogP contribution in [0.1, 0.15) is 28.3 Å². The molecule has 1 unspecified atom stereocenters. The van der Waals surface area contributed by atoms with Crippen molar-refractivity contribution < 1.29 is 27.9 Å². The number of thioether (sulfide) groups is 1. The molecule has 0 bridgehead atoms. The average molecular weight is 567 g/mol. The zero-order chi connectivity index (χ0) is 28.6. The van der Waals surface area contributed by atoms with Gasteiger partial charge in [0.1, 0.15) is 23.1 Å². The molecule has 1 aliphatic heterocycles. The van der Waals surface area contributed by atoms with Crippen LogP contribution in [0.25, 0.3) is 11.1 Å². The van der Waals surface area contributed by atoms with Crippen LogP contribution in [0.2, 0.25) is 0 Å². The Labute approximate surface area is 232 Å². The normalized spacial score (nSPS) is 14.8. The molecule has 0 radical (unpaired) electrons. The van der Waals surface area contributed by atoms with Crippen LogP contribution in [0.4, 0.5) is 13.2 Å². The van der Waals surface area contributed by atoms with E-state index in [1.807, 2.05) is 0 Å². The van der Waals surface area contributed by atoms with Crippen LogP contribution < -0.4 is 15.0 Å². The first-order chi connectivity index (χ1) is 19.3. The van der Waals surface area contributed by atoms with Gasteiger partial charge < -0.3 is 14.7 Å². The highest BCUT2D eigenvalue weighted by molar-refractivity contribution is 7.99. The number of hydrogen-bond acceptors (Lipinski definition) is 6. The summed E-state index contributed by atoms with van der Waals surface area (Å²) in [5, 5.41) is 14.1. The van der Waals surface area contributed by atoms with E-state index in [-0.39, 0.29) is 34.6 Å². The first-order valence-corrected chi connectivity index (χ1v) is 13.3. The van der Waals surface area contributed by atoms with E-state index >= 15 is 4.39 Å². The largest absolute Gasteiger partial charge is 0.497 e. The van der Waals surface area contributed by atoms with Crippen LogP contribution in [-0.2, 0) is 6.42 Å². The second kappa shape index (κ2) is 11.1. The third-order valence-corrected chi connectivity index (χ3v) is 8.30. The maximum atomic E-state index is 15.5. The van der Waals surface area contributed by atoms with E-state index in [0.717, 1.165) is 0 Å². The molecular weight excluding hydrogens is 541 g/mol. The monoisotopic (exact) mass is 566 g/mol. The Bertz CT molecular complexity index is 1670. The Morgan fingerprint density at radius 3 is 2.30 bits per heavy atom. The summed E-state index contributed by atoms with van der Waals surface area (Å²) in [6.07, 6.45) is -0.174. The number of oxime groups is 1. The molecule has 206 valence electrons. The van der Waals surface area contributed by atoms with Crippen LogP contribution in [-0.4, -0.2) is 35.5 Å². The number of methoxy groups -OCH3 is 2. The van der Waals surface area contributed by atoms with Gasteiger partial charge in [0.2, 0.25) is 0 Å². The number of rotatable bonds is 7. The topological polar surface area (TPSA) is 73.1 Å². The van der Waals surface area contributed by atoms with Gasteiger partial charge in [0.15, 0.2) is 11.6 Å². The summed E-state index contributed by atoms with van der Waals surface area (Å²) in [4.78, 5) is 14.2. The summed E-state index contributed by atoms with van der Waals surface area (Å²) < 4.78 is 56.9. The third kappa shape index (κ3) is 4.62. The minimum Gasteiger partial charge on any atom is -0.497 e. The maximum absolute atomic E-state index is 15.5. The average Bonchev–Trinajstić information content (AvgIpc) is 3.39. The number of benzene rings is 3. The van der Waals surface area contributed by atoms with Gasteiger partial charge in [-0.2, -0.15) is 0 Å². The minimum atomic E-state index is -0.747. The van der Waals surface area contributed by atoms with Crippen molar-refractivity contribution in [2.45, 2.75) is 24.4 Å². The molecule has 4 aromatic rings. The predicted octanol–water partition coefficient (Wildman–Crippen LogP) is 6.37. The van der Waals surface area contributed by atoms with Crippen LogP contribution in [0.15, 0.2) is 75.6 Å². The van der Waals surface area contributed by atoms with E-state index in [0.29, 0.717) is 33.2 Å². The van der Waals surface area contributed by atoms with Crippen molar-refractivity contribution in [3.8, 4) is 22.6 Å². The SMILES string of the molecule is COc1ccc(/C(=N\O)C2CSc3c(Cc4c(F)cccc4F)c(C)c(-c4cccc(OC)c4F)c(=O)n32)cc1. The van der Waals surface area contributed by atoms with Gasteiger partial charge in [-0.05, 0) is 60.5 Å². The summed E-state index contributed by atoms with van der Waals surface area (Å²) >= 11 is 1.31. The van der Waals surface area contributed by atoms with Crippen molar-refractivity contribution in [3.05, 3.63) is 111 Å². The molecule has 1 atom stereocenters. The molecule has 0 amide bonds. The Hall–Kier alpha value is -4.18. The molecule has 1 N–H and O–H groups in total. The Kier molecular flexibility index (Phi) is 7.62. The summed E-state index contributed by atoms with van der Waals surface area (Å²) in [5.41, 5.74) is 0.958.